The topological polar surface area (TPSA) is 74.1 Å². The lowest BCUT2D eigenvalue weighted by Crippen LogP contribution is -2.24. The Morgan fingerprint density at radius 1 is 1.17 bits per heavy atom. The van der Waals surface area contributed by atoms with Crippen molar-refractivity contribution >= 4 is 16.8 Å². The first kappa shape index (κ1) is 14.9. The number of rotatable bonds is 5. The summed E-state index contributed by atoms with van der Waals surface area (Å²) in [6.07, 6.45) is 3.05. The summed E-state index contributed by atoms with van der Waals surface area (Å²) < 4.78 is 7.12. The maximum absolute atomic E-state index is 12.3. The molecule has 3 aromatic rings. The minimum atomic E-state index is -0.161. The van der Waals surface area contributed by atoms with Crippen molar-refractivity contribution in [1.29, 1.82) is 0 Å². The molecule has 0 bridgehead atoms. The molecule has 0 aliphatic rings. The Labute approximate surface area is 132 Å². The molecule has 1 aromatic carbocycles. The summed E-state index contributed by atoms with van der Waals surface area (Å²) in [4.78, 5) is 32.1. The van der Waals surface area contributed by atoms with Crippen LogP contribution in [0.5, 0.6) is 5.75 Å². The second-order valence-electron chi connectivity index (χ2n) is 5.02. The van der Waals surface area contributed by atoms with Gasteiger partial charge in [-0.25, -0.2) is 9.97 Å². The van der Waals surface area contributed by atoms with Gasteiger partial charge in [-0.3, -0.25) is 14.2 Å². The molecule has 0 radical (unpaired) electrons. The zero-order chi connectivity index (χ0) is 16.2. The van der Waals surface area contributed by atoms with Crippen molar-refractivity contribution in [3.8, 4) is 5.75 Å². The summed E-state index contributed by atoms with van der Waals surface area (Å²) >= 11 is 0. The molecule has 0 atom stereocenters. The summed E-state index contributed by atoms with van der Waals surface area (Å²) in [5, 5.41) is 0.471. The van der Waals surface area contributed by atoms with Gasteiger partial charge in [0, 0.05) is 6.20 Å². The lowest BCUT2D eigenvalue weighted by atomic mass is 10.1. The number of ether oxygens (including phenoxy) is 1. The van der Waals surface area contributed by atoms with E-state index in [0.717, 1.165) is 0 Å². The number of pyridine rings is 1. The van der Waals surface area contributed by atoms with Gasteiger partial charge < -0.3 is 4.74 Å². The molecular formula is C17H15N3O3. The third kappa shape index (κ3) is 3.11. The zero-order valence-corrected chi connectivity index (χ0v) is 12.6. The molecule has 6 nitrogen and oxygen atoms in total. The van der Waals surface area contributed by atoms with Crippen molar-refractivity contribution in [2.75, 3.05) is 6.61 Å². The highest BCUT2D eigenvalue weighted by molar-refractivity contribution is 5.96. The maximum Gasteiger partial charge on any atom is 0.262 e. The van der Waals surface area contributed by atoms with E-state index in [0.29, 0.717) is 28.9 Å². The molecule has 0 aliphatic carbocycles. The molecule has 0 saturated carbocycles. The van der Waals surface area contributed by atoms with Crippen LogP contribution in [0.15, 0.2) is 53.7 Å². The van der Waals surface area contributed by atoms with E-state index in [1.807, 2.05) is 0 Å². The molecule has 2 heterocycles. The van der Waals surface area contributed by atoms with Gasteiger partial charge in [-0.1, -0.05) is 12.1 Å². The van der Waals surface area contributed by atoms with Crippen LogP contribution in [0.3, 0.4) is 0 Å². The van der Waals surface area contributed by atoms with Gasteiger partial charge in [0.25, 0.3) is 5.56 Å². The lowest BCUT2D eigenvalue weighted by Gasteiger charge is -2.10. The molecule has 0 saturated heterocycles. The number of ketones is 1. The number of aromatic nitrogens is 3. The summed E-state index contributed by atoms with van der Waals surface area (Å²) in [5.74, 6) is 0.458. The van der Waals surface area contributed by atoms with Gasteiger partial charge in [-0.15, -0.1) is 0 Å². The van der Waals surface area contributed by atoms with E-state index in [1.165, 1.54) is 17.8 Å². The van der Waals surface area contributed by atoms with E-state index in [1.54, 1.807) is 42.6 Å². The third-order valence-corrected chi connectivity index (χ3v) is 3.45. The Balaban J connectivity index is 1.76. The van der Waals surface area contributed by atoms with Crippen molar-refractivity contribution < 1.29 is 9.53 Å². The number of Topliss-reactive ketones (excluding diaryl/α,β-unsaturated/α-hetero) is 1. The SMILES string of the molecule is CC(=O)c1ccccc1OCCn1cnc2ncccc2c1=O. The maximum atomic E-state index is 12.3. The average molecular weight is 309 g/mol. The van der Waals surface area contributed by atoms with Crippen LogP contribution < -0.4 is 10.3 Å². The summed E-state index contributed by atoms with van der Waals surface area (Å²) in [7, 11) is 0. The Morgan fingerprint density at radius 2 is 2.00 bits per heavy atom. The van der Waals surface area contributed by atoms with Crippen molar-refractivity contribution in [3.63, 3.8) is 0 Å². The smallest absolute Gasteiger partial charge is 0.262 e. The zero-order valence-electron chi connectivity index (χ0n) is 12.6. The highest BCUT2D eigenvalue weighted by atomic mass is 16.5. The molecule has 116 valence electrons. The molecule has 3 rings (SSSR count). The van der Waals surface area contributed by atoms with E-state index in [9.17, 15) is 9.59 Å². The average Bonchev–Trinajstić information content (AvgIpc) is 2.57. The van der Waals surface area contributed by atoms with Crippen LogP contribution in [0.4, 0.5) is 0 Å². The number of hydrogen-bond donors (Lipinski definition) is 0. The first-order valence-electron chi connectivity index (χ1n) is 7.20. The minimum Gasteiger partial charge on any atom is -0.491 e. The van der Waals surface area contributed by atoms with Crippen molar-refractivity contribution in [3.05, 3.63) is 64.8 Å². The lowest BCUT2D eigenvalue weighted by molar-refractivity contribution is 0.101. The van der Waals surface area contributed by atoms with Crippen molar-refractivity contribution in [2.24, 2.45) is 0 Å². The Bertz CT molecular complexity index is 918. The first-order chi connectivity index (χ1) is 11.2. The molecule has 2 aromatic heterocycles. The van der Waals surface area contributed by atoms with Gasteiger partial charge in [0.1, 0.15) is 18.7 Å². The van der Waals surface area contributed by atoms with Gasteiger partial charge >= 0.3 is 0 Å². The fourth-order valence-corrected chi connectivity index (χ4v) is 2.29. The third-order valence-electron chi connectivity index (χ3n) is 3.45. The van der Waals surface area contributed by atoms with E-state index < -0.39 is 0 Å². The number of para-hydroxylation sites is 1. The molecule has 0 fully saturated rings. The Kier molecular flexibility index (Phi) is 4.14. The van der Waals surface area contributed by atoms with Gasteiger partial charge in [0.05, 0.1) is 17.5 Å². The number of nitrogens with zero attached hydrogens (tertiary/aromatic N) is 3. The molecule has 0 spiro atoms. The molecule has 0 N–H and O–H groups in total. The normalized spacial score (nSPS) is 10.7. The quantitative estimate of drug-likeness (QED) is 0.675. The fourth-order valence-electron chi connectivity index (χ4n) is 2.29. The molecule has 23 heavy (non-hydrogen) atoms. The van der Waals surface area contributed by atoms with Crippen LogP contribution in [-0.2, 0) is 6.54 Å². The molecular weight excluding hydrogens is 294 g/mol. The number of benzene rings is 1. The predicted molar refractivity (Wildman–Crippen MR) is 85.7 cm³/mol. The van der Waals surface area contributed by atoms with E-state index in [2.05, 4.69) is 9.97 Å². The van der Waals surface area contributed by atoms with Crippen LogP contribution in [0.25, 0.3) is 11.0 Å². The number of carbonyl (C=O) groups excluding carboxylic acids is 1. The van der Waals surface area contributed by atoms with Gasteiger partial charge in [0.15, 0.2) is 11.4 Å². The van der Waals surface area contributed by atoms with E-state index >= 15 is 0 Å². The largest absolute Gasteiger partial charge is 0.491 e. The molecule has 6 heteroatoms. The second kappa shape index (κ2) is 6.39. The van der Waals surface area contributed by atoms with Crippen LogP contribution in [0.2, 0.25) is 0 Å². The van der Waals surface area contributed by atoms with Crippen LogP contribution in [0, 0.1) is 0 Å². The first-order valence-corrected chi connectivity index (χ1v) is 7.20. The number of fused-ring (bicyclic) bond motifs is 1. The summed E-state index contributed by atoms with van der Waals surface area (Å²) in [6, 6.07) is 10.4. The highest BCUT2D eigenvalue weighted by Crippen LogP contribution is 2.18. The number of carbonyl (C=O) groups is 1. The van der Waals surface area contributed by atoms with Gasteiger partial charge in [0.2, 0.25) is 0 Å². The van der Waals surface area contributed by atoms with Crippen LogP contribution in [0.1, 0.15) is 17.3 Å². The fraction of sp³-hybridized carbons (Fsp3) is 0.176. The second-order valence-corrected chi connectivity index (χ2v) is 5.02. The highest BCUT2D eigenvalue weighted by Gasteiger charge is 2.08. The van der Waals surface area contributed by atoms with E-state index in [-0.39, 0.29) is 17.9 Å². The molecule has 0 amide bonds. The monoisotopic (exact) mass is 309 g/mol. The van der Waals surface area contributed by atoms with Crippen LogP contribution in [-0.4, -0.2) is 26.9 Å². The van der Waals surface area contributed by atoms with Crippen molar-refractivity contribution in [2.45, 2.75) is 13.5 Å². The standard InChI is InChI=1S/C17H15N3O3/c1-12(21)13-5-2-3-7-15(13)23-10-9-20-11-19-16-14(17(20)22)6-4-8-18-16/h2-8,11H,9-10H2,1H3. The van der Waals surface area contributed by atoms with Gasteiger partial charge in [-0.2, -0.15) is 0 Å². The van der Waals surface area contributed by atoms with Crippen LogP contribution >= 0.6 is 0 Å². The predicted octanol–water partition coefficient (Wildman–Crippen LogP) is 2.07. The van der Waals surface area contributed by atoms with E-state index in [4.69, 9.17) is 4.74 Å². The summed E-state index contributed by atoms with van der Waals surface area (Å²) in [6.45, 7) is 2.09. The minimum absolute atomic E-state index is 0.0591. The number of hydrogen-bond acceptors (Lipinski definition) is 5. The molecule has 0 aliphatic heterocycles. The van der Waals surface area contributed by atoms with Gasteiger partial charge in [-0.05, 0) is 31.2 Å². The Morgan fingerprint density at radius 3 is 2.83 bits per heavy atom. The Hall–Kier alpha value is -3.02. The summed E-state index contributed by atoms with van der Waals surface area (Å²) in [5.41, 5.74) is 0.795. The molecule has 0 unspecified atom stereocenters. The van der Waals surface area contributed by atoms with Crippen molar-refractivity contribution in [1.82, 2.24) is 14.5 Å².